The number of hydrogen-bond donors (Lipinski definition) is 1. The molecule has 0 radical (unpaired) electrons. The fourth-order valence-electron chi connectivity index (χ4n) is 4.20. The predicted molar refractivity (Wildman–Crippen MR) is 159 cm³/mol. The summed E-state index contributed by atoms with van der Waals surface area (Å²) in [4.78, 5) is 29.3. The lowest BCUT2D eigenvalue weighted by Gasteiger charge is -2.35. The second kappa shape index (κ2) is 13.2. The monoisotopic (exact) mass is 585 g/mol. The normalized spacial score (nSPS) is 12.3. The summed E-state index contributed by atoms with van der Waals surface area (Å²) >= 11 is 6.47. The molecule has 0 aliphatic rings. The van der Waals surface area contributed by atoms with Gasteiger partial charge in [-0.15, -0.1) is 0 Å². The summed E-state index contributed by atoms with van der Waals surface area (Å²) < 4.78 is 32.1. The lowest BCUT2D eigenvalue weighted by Crippen LogP contribution is -2.56. The van der Waals surface area contributed by atoms with Crippen LogP contribution in [0.1, 0.15) is 31.9 Å². The molecule has 8 nitrogen and oxygen atoms in total. The van der Waals surface area contributed by atoms with Crippen LogP contribution in [0.5, 0.6) is 5.75 Å². The number of hydrogen-bond acceptors (Lipinski definition) is 5. The molecule has 0 aromatic heterocycles. The molecule has 10 heteroatoms. The second-order valence-corrected chi connectivity index (χ2v) is 12.8. The van der Waals surface area contributed by atoms with Crippen LogP contribution in [0.2, 0.25) is 5.02 Å². The summed E-state index contributed by atoms with van der Waals surface area (Å²) in [5, 5.41) is 3.42. The van der Waals surface area contributed by atoms with Crippen molar-refractivity contribution in [3.05, 3.63) is 95.0 Å². The van der Waals surface area contributed by atoms with E-state index in [0.717, 1.165) is 16.1 Å². The lowest BCUT2D eigenvalue weighted by atomic mass is 10.0. The van der Waals surface area contributed by atoms with E-state index in [1.807, 2.05) is 51.1 Å². The number of ether oxygens (including phenoxy) is 1. The van der Waals surface area contributed by atoms with Crippen LogP contribution in [0, 0.1) is 0 Å². The maximum Gasteiger partial charge on any atom is 0.244 e. The van der Waals surface area contributed by atoms with Gasteiger partial charge in [-0.25, -0.2) is 8.42 Å². The van der Waals surface area contributed by atoms with Crippen molar-refractivity contribution in [3.8, 4) is 5.75 Å². The third kappa shape index (κ3) is 8.72. The number of rotatable bonds is 11. The molecule has 0 unspecified atom stereocenters. The quantitative estimate of drug-likeness (QED) is 0.353. The lowest BCUT2D eigenvalue weighted by molar-refractivity contribution is -0.140. The minimum absolute atomic E-state index is 0.00326. The van der Waals surface area contributed by atoms with Crippen molar-refractivity contribution in [1.29, 1.82) is 0 Å². The van der Waals surface area contributed by atoms with Crippen molar-refractivity contribution < 1.29 is 22.7 Å². The highest BCUT2D eigenvalue weighted by Gasteiger charge is 2.34. The smallest absolute Gasteiger partial charge is 0.244 e. The van der Waals surface area contributed by atoms with E-state index in [-0.39, 0.29) is 24.6 Å². The number of halogens is 1. The molecule has 3 aromatic carbocycles. The van der Waals surface area contributed by atoms with Gasteiger partial charge in [-0.05, 0) is 50.1 Å². The largest absolute Gasteiger partial charge is 0.497 e. The van der Waals surface area contributed by atoms with E-state index in [0.29, 0.717) is 16.3 Å². The number of benzene rings is 3. The molecule has 40 heavy (non-hydrogen) atoms. The summed E-state index contributed by atoms with van der Waals surface area (Å²) in [5.41, 5.74) is 1.18. The van der Waals surface area contributed by atoms with E-state index < -0.39 is 34.1 Å². The van der Waals surface area contributed by atoms with Gasteiger partial charge >= 0.3 is 0 Å². The van der Waals surface area contributed by atoms with E-state index in [2.05, 4.69) is 5.32 Å². The summed E-state index contributed by atoms with van der Waals surface area (Å²) in [6, 6.07) is 21.9. The van der Waals surface area contributed by atoms with Crippen LogP contribution in [0.4, 0.5) is 5.69 Å². The van der Waals surface area contributed by atoms with Crippen LogP contribution < -0.4 is 14.4 Å². The maximum atomic E-state index is 14.1. The van der Waals surface area contributed by atoms with Gasteiger partial charge in [-0.2, -0.15) is 0 Å². The van der Waals surface area contributed by atoms with Gasteiger partial charge in [0.15, 0.2) is 0 Å². The molecule has 0 fully saturated rings. The first kappa shape index (κ1) is 31.0. The van der Waals surface area contributed by atoms with E-state index in [9.17, 15) is 18.0 Å². The number of nitrogens with one attached hydrogen (secondary N) is 1. The number of carbonyl (C=O) groups is 2. The first-order valence-electron chi connectivity index (χ1n) is 12.8. The summed E-state index contributed by atoms with van der Waals surface area (Å²) in [7, 11) is -2.41. The Kier molecular flexibility index (Phi) is 10.2. The molecule has 1 N–H and O–H groups in total. The zero-order valence-electron chi connectivity index (χ0n) is 23.4. The molecule has 0 bridgehead atoms. The first-order chi connectivity index (χ1) is 18.8. The van der Waals surface area contributed by atoms with Gasteiger partial charge < -0.3 is 15.0 Å². The number of nitrogens with zero attached hydrogens (tertiary/aromatic N) is 2. The summed E-state index contributed by atoms with van der Waals surface area (Å²) in [6.07, 6.45) is 1.25. The molecule has 0 saturated heterocycles. The van der Waals surface area contributed by atoms with Crippen LogP contribution in [-0.2, 0) is 32.6 Å². The molecule has 3 aromatic rings. The van der Waals surface area contributed by atoms with Crippen molar-refractivity contribution in [3.63, 3.8) is 0 Å². The van der Waals surface area contributed by atoms with E-state index in [4.69, 9.17) is 16.3 Å². The average molecular weight is 586 g/mol. The van der Waals surface area contributed by atoms with Gasteiger partial charge in [0.2, 0.25) is 21.8 Å². The molecule has 1 atom stereocenters. The highest BCUT2D eigenvalue weighted by molar-refractivity contribution is 7.92. The van der Waals surface area contributed by atoms with Gasteiger partial charge in [0.05, 0.1) is 19.1 Å². The van der Waals surface area contributed by atoms with Gasteiger partial charge in [0.1, 0.15) is 18.3 Å². The summed E-state index contributed by atoms with van der Waals surface area (Å²) in [5.74, 6) is -0.472. The summed E-state index contributed by atoms with van der Waals surface area (Å²) in [6.45, 7) is 5.06. The SMILES string of the molecule is COc1cccc(N(CC(=O)N(Cc2ccccc2Cl)[C@H](Cc2ccccc2)C(=O)NC(C)(C)C)S(C)(=O)=O)c1. The van der Waals surface area contributed by atoms with Crippen LogP contribution in [0.25, 0.3) is 0 Å². The van der Waals surface area contributed by atoms with Crippen LogP contribution in [-0.4, -0.2) is 56.6 Å². The third-order valence-electron chi connectivity index (χ3n) is 6.09. The highest BCUT2D eigenvalue weighted by atomic mass is 35.5. The van der Waals surface area contributed by atoms with E-state index >= 15 is 0 Å². The zero-order chi connectivity index (χ0) is 29.5. The zero-order valence-corrected chi connectivity index (χ0v) is 25.0. The molecule has 2 amide bonds. The fraction of sp³-hybridized carbons (Fsp3) is 0.333. The Bertz CT molecular complexity index is 1420. The first-order valence-corrected chi connectivity index (χ1v) is 15.0. The van der Waals surface area contributed by atoms with E-state index in [1.165, 1.54) is 12.0 Å². The molecule has 0 aliphatic heterocycles. The third-order valence-corrected chi connectivity index (χ3v) is 7.60. The van der Waals surface area contributed by atoms with Crippen LogP contribution >= 0.6 is 11.6 Å². The van der Waals surface area contributed by atoms with Gasteiger partial charge in [-0.3, -0.25) is 13.9 Å². The van der Waals surface area contributed by atoms with E-state index in [1.54, 1.807) is 48.5 Å². The van der Waals surface area contributed by atoms with Crippen molar-refractivity contribution in [1.82, 2.24) is 10.2 Å². The maximum absolute atomic E-state index is 14.1. The second-order valence-electron chi connectivity index (χ2n) is 10.5. The van der Waals surface area contributed by atoms with Crippen molar-refractivity contribution in [2.24, 2.45) is 0 Å². The minimum atomic E-state index is -3.88. The molecule has 214 valence electrons. The molecular weight excluding hydrogens is 550 g/mol. The van der Waals surface area contributed by atoms with Gasteiger partial charge in [0.25, 0.3) is 0 Å². The average Bonchev–Trinajstić information content (AvgIpc) is 2.89. The topological polar surface area (TPSA) is 96.0 Å². The van der Waals surface area contributed by atoms with Gasteiger partial charge in [-0.1, -0.05) is 66.2 Å². The molecule has 0 aliphatic carbocycles. The van der Waals surface area contributed by atoms with Gasteiger partial charge in [0, 0.05) is 29.6 Å². The van der Waals surface area contributed by atoms with Crippen molar-refractivity contribution >= 4 is 39.1 Å². The number of sulfonamides is 1. The Morgan fingerprint density at radius 3 is 2.23 bits per heavy atom. The molecule has 0 spiro atoms. The number of methoxy groups -OCH3 is 1. The number of carbonyl (C=O) groups excluding carboxylic acids is 2. The number of amides is 2. The highest BCUT2D eigenvalue weighted by Crippen LogP contribution is 2.25. The molecule has 3 rings (SSSR count). The predicted octanol–water partition coefficient (Wildman–Crippen LogP) is 4.67. The molecular formula is C30H36ClN3O5S. The van der Waals surface area contributed by atoms with Crippen LogP contribution in [0.3, 0.4) is 0 Å². The Balaban J connectivity index is 2.09. The van der Waals surface area contributed by atoms with Crippen molar-refractivity contribution in [2.75, 3.05) is 24.2 Å². The Morgan fingerprint density at radius 1 is 0.975 bits per heavy atom. The Hall–Kier alpha value is -3.56. The fourth-order valence-corrected chi connectivity index (χ4v) is 5.23. The molecule has 0 heterocycles. The van der Waals surface area contributed by atoms with Crippen LogP contribution in [0.15, 0.2) is 78.9 Å². The van der Waals surface area contributed by atoms with Crippen molar-refractivity contribution in [2.45, 2.75) is 45.3 Å². The Morgan fingerprint density at radius 2 is 1.62 bits per heavy atom. The standard InChI is InChI=1S/C30H36ClN3O5S/c1-30(2,3)32-29(36)27(18-22-12-7-6-8-13-22)33(20-23-14-9-10-17-26(23)31)28(35)21-34(40(5,37)38)24-15-11-16-25(19-24)39-4/h6-17,19,27H,18,20-21H2,1-5H3,(H,32,36)/t27-/m1/s1. The minimum Gasteiger partial charge on any atom is -0.497 e. The Labute approximate surface area is 241 Å². The number of anilines is 1. The molecule has 0 saturated carbocycles.